The average Bonchev–Trinajstić information content (AvgIpc) is 3.48. The van der Waals surface area contributed by atoms with Gasteiger partial charge in [0, 0.05) is 50.7 Å². The Kier molecular flexibility index (Phi) is 5.54. The molecular weight excluding hydrogens is 354 g/mol. The number of likely N-dealkylation sites (tertiary alicyclic amines) is 1. The normalized spacial score (nSPS) is 38.0. The van der Waals surface area contributed by atoms with E-state index in [1.807, 2.05) is 7.05 Å². The van der Waals surface area contributed by atoms with Crippen molar-refractivity contribution in [2.24, 2.45) is 16.3 Å². The summed E-state index contributed by atoms with van der Waals surface area (Å²) in [6.45, 7) is 4.68. The monoisotopic (exact) mass is 391 g/mol. The lowest BCUT2D eigenvalue weighted by molar-refractivity contribution is -0.125. The number of nitrogens with zero attached hydrogens (tertiary/aromatic N) is 2. The summed E-state index contributed by atoms with van der Waals surface area (Å²) < 4.78 is 18.0. The number of aliphatic imine (C=N–C) groups is 1. The molecule has 5 rings (SSSR count). The molecule has 2 aliphatic carbocycles. The molecule has 0 radical (unpaired) electrons. The molecule has 3 heterocycles. The van der Waals surface area contributed by atoms with Gasteiger partial charge in [-0.2, -0.15) is 0 Å². The zero-order valence-corrected chi connectivity index (χ0v) is 17.4. The Bertz CT molecular complexity index is 563. The van der Waals surface area contributed by atoms with Crippen molar-refractivity contribution in [3.05, 3.63) is 0 Å². The molecule has 0 aromatic heterocycles. The maximum atomic E-state index is 6.15. The zero-order valence-electron chi connectivity index (χ0n) is 17.4. The maximum absolute atomic E-state index is 6.15. The standard InChI is InChI=1S/C22H37N3O3/c1-23-21(24-19-18-8-14-27-20(18)22(19)9-2-3-10-22)25-11-6-16(7-12-25)28-15-17-5-4-13-26-17/h16-20H,2-15H2,1H3,(H,23,24). The van der Waals surface area contributed by atoms with Crippen LogP contribution in [0.25, 0.3) is 0 Å². The topological polar surface area (TPSA) is 55.3 Å². The van der Waals surface area contributed by atoms with E-state index in [2.05, 4.69) is 15.2 Å². The summed E-state index contributed by atoms with van der Waals surface area (Å²) in [7, 11) is 1.94. The Morgan fingerprint density at radius 1 is 1.07 bits per heavy atom. The number of rotatable bonds is 4. The Hall–Kier alpha value is -0.850. The van der Waals surface area contributed by atoms with Gasteiger partial charge in [0.2, 0.25) is 0 Å². The van der Waals surface area contributed by atoms with Gasteiger partial charge in [-0.05, 0) is 44.9 Å². The van der Waals surface area contributed by atoms with Gasteiger partial charge in [-0.15, -0.1) is 0 Å². The summed E-state index contributed by atoms with van der Waals surface area (Å²) >= 11 is 0. The van der Waals surface area contributed by atoms with Crippen molar-refractivity contribution in [3.63, 3.8) is 0 Å². The minimum atomic E-state index is 0.329. The van der Waals surface area contributed by atoms with Crippen LogP contribution in [0.5, 0.6) is 0 Å². The Morgan fingerprint density at radius 3 is 2.61 bits per heavy atom. The molecule has 3 saturated heterocycles. The molecule has 0 aromatic rings. The summed E-state index contributed by atoms with van der Waals surface area (Å²) in [6, 6.07) is 0.551. The minimum Gasteiger partial charge on any atom is -0.377 e. The predicted molar refractivity (Wildman–Crippen MR) is 109 cm³/mol. The van der Waals surface area contributed by atoms with Crippen LogP contribution in [0.3, 0.4) is 0 Å². The Balaban J connectivity index is 1.14. The van der Waals surface area contributed by atoms with E-state index < -0.39 is 0 Å². The molecule has 5 aliphatic rings. The molecule has 4 atom stereocenters. The van der Waals surface area contributed by atoms with Crippen molar-refractivity contribution in [1.29, 1.82) is 0 Å². The van der Waals surface area contributed by atoms with Crippen LogP contribution in [0, 0.1) is 11.3 Å². The highest BCUT2D eigenvalue weighted by Crippen LogP contribution is 2.60. The molecule has 3 aliphatic heterocycles. The van der Waals surface area contributed by atoms with E-state index in [0.29, 0.717) is 35.7 Å². The van der Waals surface area contributed by atoms with Gasteiger partial charge in [0.1, 0.15) is 0 Å². The number of hydrogen-bond acceptors (Lipinski definition) is 4. The molecule has 6 nitrogen and oxygen atoms in total. The van der Waals surface area contributed by atoms with Crippen LogP contribution < -0.4 is 5.32 Å². The zero-order chi connectivity index (χ0) is 19.0. The minimum absolute atomic E-state index is 0.329. The van der Waals surface area contributed by atoms with Crippen LogP contribution in [-0.4, -0.2) is 75.2 Å². The highest BCUT2D eigenvalue weighted by Gasteiger charge is 2.65. The van der Waals surface area contributed by atoms with E-state index in [0.717, 1.165) is 58.1 Å². The van der Waals surface area contributed by atoms with Crippen molar-refractivity contribution in [3.8, 4) is 0 Å². The highest BCUT2D eigenvalue weighted by atomic mass is 16.5. The van der Waals surface area contributed by atoms with Crippen LogP contribution in [0.1, 0.15) is 57.8 Å². The third-order valence-electron chi connectivity index (χ3n) is 8.07. The number of hydrogen-bond donors (Lipinski definition) is 1. The van der Waals surface area contributed by atoms with Crippen molar-refractivity contribution in [2.45, 2.75) is 82.1 Å². The lowest BCUT2D eigenvalue weighted by atomic mass is 9.54. The predicted octanol–water partition coefficient (Wildman–Crippen LogP) is 2.57. The molecule has 4 unspecified atom stereocenters. The smallest absolute Gasteiger partial charge is 0.193 e. The molecule has 158 valence electrons. The number of nitrogens with one attached hydrogen (secondary N) is 1. The molecule has 28 heavy (non-hydrogen) atoms. The molecule has 2 saturated carbocycles. The van der Waals surface area contributed by atoms with Gasteiger partial charge in [-0.25, -0.2) is 0 Å². The van der Waals surface area contributed by atoms with Gasteiger partial charge >= 0.3 is 0 Å². The Morgan fingerprint density at radius 2 is 1.89 bits per heavy atom. The SMILES string of the molecule is CN=C(NC1C2CCOC2C12CCCC2)N1CCC(OCC2CCCO2)CC1. The van der Waals surface area contributed by atoms with Crippen LogP contribution in [0.4, 0.5) is 0 Å². The van der Waals surface area contributed by atoms with Crippen LogP contribution in [0.2, 0.25) is 0 Å². The van der Waals surface area contributed by atoms with E-state index in [4.69, 9.17) is 14.2 Å². The lowest BCUT2D eigenvalue weighted by Crippen LogP contribution is -2.69. The highest BCUT2D eigenvalue weighted by molar-refractivity contribution is 5.80. The van der Waals surface area contributed by atoms with Crippen LogP contribution in [0.15, 0.2) is 4.99 Å². The molecule has 1 spiro atoms. The quantitative estimate of drug-likeness (QED) is 0.590. The summed E-state index contributed by atoms with van der Waals surface area (Å²) in [5, 5.41) is 3.90. The van der Waals surface area contributed by atoms with E-state index in [-0.39, 0.29) is 0 Å². The van der Waals surface area contributed by atoms with E-state index >= 15 is 0 Å². The summed E-state index contributed by atoms with van der Waals surface area (Å²) in [4.78, 5) is 7.11. The first-order valence-electron chi connectivity index (χ1n) is 11.6. The third kappa shape index (κ3) is 3.35. The first kappa shape index (κ1) is 19.1. The van der Waals surface area contributed by atoms with E-state index in [1.54, 1.807) is 0 Å². The summed E-state index contributed by atoms with van der Waals surface area (Å²) in [6.07, 6.45) is 12.3. The number of fused-ring (bicyclic) bond motifs is 2. The lowest BCUT2D eigenvalue weighted by Gasteiger charge is -2.57. The van der Waals surface area contributed by atoms with Gasteiger partial charge in [-0.1, -0.05) is 12.8 Å². The molecule has 0 bridgehead atoms. The second-order valence-corrected chi connectivity index (χ2v) is 9.51. The maximum Gasteiger partial charge on any atom is 0.193 e. The molecule has 0 amide bonds. The van der Waals surface area contributed by atoms with E-state index in [1.165, 1.54) is 38.5 Å². The van der Waals surface area contributed by atoms with Crippen molar-refractivity contribution >= 4 is 5.96 Å². The Labute approximate surface area is 169 Å². The fourth-order valence-corrected chi connectivity index (χ4v) is 6.59. The number of piperidine rings is 1. The van der Waals surface area contributed by atoms with Gasteiger partial charge < -0.3 is 24.4 Å². The number of guanidine groups is 1. The molecule has 6 heteroatoms. The molecule has 1 N–H and O–H groups in total. The number of ether oxygens (including phenoxy) is 3. The van der Waals surface area contributed by atoms with Crippen molar-refractivity contribution in [2.75, 3.05) is 40.0 Å². The summed E-state index contributed by atoms with van der Waals surface area (Å²) in [5.41, 5.74) is 0.375. The van der Waals surface area contributed by atoms with Gasteiger partial charge in [0.15, 0.2) is 5.96 Å². The first-order valence-corrected chi connectivity index (χ1v) is 11.6. The second-order valence-electron chi connectivity index (χ2n) is 9.51. The fraction of sp³-hybridized carbons (Fsp3) is 0.955. The largest absolute Gasteiger partial charge is 0.377 e. The first-order chi connectivity index (χ1) is 13.8. The molecular formula is C22H37N3O3. The second kappa shape index (κ2) is 8.11. The van der Waals surface area contributed by atoms with Gasteiger partial charge in [0.05, 0.1) is 24.9 Å². The average molecular weight is 392 g/mol. The molecule has 0 aromatic carbocycles. The van der Waals surface area contributed by atoms with Crippen molar-refractivity contribution < 1.29 is 14.2 Å². The molecule has 5 fully saturated rings. The van der Waals surface area contributed by atoms with Gasteiger partial charge in [-0.3, -0.25) is 4.99 Å². The third-order valence-corrected chi connectivity index (χ3v) is 8.07. The van der Waals surface area contributed by atoms with Crippen LogP contribution in [-0.2, 0) is 14.2 Å². The fourth-order valence-electron chi connectivity index (χ4n) is 6.59. The van der Waals surface area contributed by atoms with Gasteiger partial charge in [0.25, 0.3) is 0 Å². The summed E-state index contributed by atoms with van der Waals surface area (Å²) in [5.74, 6) is 1.78. The van der Waals surface area contributed by atoms with Crippen LogP contribution >= 0.6 is 0 Å². The van der Waals surface area contributed by atoms with Crippen molar-refractivity contribution in [1.82, 2.24) is 10.2 Å². The van der Waals surface area contributed by atoms with E-state index in [9.17, 15) is 0 Å².